The minimum Gasteiger partial charge on any atom is -0.497 e. The molecular weight excluding hydrogens is 250 g/mol. The number of carboxylic acid groups (broad SMARTS) is 1. The molecule has 1 saturated heterocycles. The number of methoxy groups -OCH3 is 1. The molecular formula is C13H15NO5. The Morgan fingerprint density at radius 3 is 2.42 bits per heavy atom. The van der Waals surface area contributed by atoms with Gasteiger partial charge in [-0.25, -0.2) is 4.79 Å². The smallest absolute Gasteiger partial charge is 0.332 e. The lowest BCUT2D eigenvalue weighted by Gasteiger charge is -2.12. The van der Waals surface area contributed by atoms with Crippen molar-refractivity contribution >= 4 is 17.6 Å². The predicted octanol–water partition coefficient (Wildman–Crippen LogP) is 1.27. The maximum atomic E-state index is 11.9. The third-order valence-corrected chi connectivity index (χ3v) is 2.95. The van der Waals surface area contributed by atoms with Gasteiger partial charge in [-0.1, -0.05) is 0 Å². The minimum atomic E-state index is -1.03. The van der Waals surface area contributed by atoms with Gasteiger partial charge in [-0.15, -0.1) is 0 Å². The highest BCUT2D eigenvalue weighted by Gasteiger charge is 2.34. The molecule has 1 aliphatic heterocycles. The van der Waals surface area contributed by atoms with E-state index >= 15 is 0 Å². The number of hydrogen-bond donors (Lipinski definition) is 2. The van der Waals surface area contributed by atoms with Crippen LogP contribution in [0.5, 0.6) is 5.75 Å². The van der Waals surface area contributed by atoms with E-state index in [9.17, 15) is 9.59 Å². The lowest BCUT2D eigenvalue weighted by molar-refractivity contribution is -0.150. The normalized spacial score (nSPS) is 21.9. The summed E-state index contributed by atoms with van der Waals surface area (Å²) in [6.07, 6.45) is -0.815. The zero-order chi connectivity index (χ0) is 13.8. The Labute approximate surface area is 110 Å². The summed E-state index contributed by atoms with van der Waals surface area (Å²) in [7, 11) is 1.56. The molecule has 0 bridgehead atoms. The summed E-state index contributed by atoms with van der Waals surface area (Å²) < 4.78 is 10.2. The zero-order valence-corrected chi connectivity index (χ0v) is 10.5. The first-order valence-corrected chi connectivity index (χ1v) is 5.93. The van der Waals surface area contributed by atoms with Gasteiger partial charge in [0.15, 0.2) is 6.10 Å². The van der Waals surface area contributed by atoms with Crippen molar-refractivity contribution in [3.05, 3.63) is 24.3 Å². The summed E-state index contributed by atoms with van der Waals surface area (Å²) in [5, 5.41) is 11.5. The van der Waals surface area contributed by atoms with Crippen LogP contribution >= 0.6 is 0 Å². The quantitative estimate of drug-likeness (QED) is 0.856. The zero-order valence-electron chi connectivity index (χ0n) is 10.5. The summed E-state index contributed by atoms with van der Waals surface area (Å²) in [5.41, 5.74) is 0.619. The lowest BCUT2D eigenvalue weighted by Crippen LogP contribution is -2.29. The van der Waals surface area contributed by atoms with Gasteiger partial charge >= 0.3 is 5.97 Å². The Kier molecular flexibility index (Phi) is 4.01. The maximum absolute atomic E-state index is 11.9. The molecule has 1 fully saturated rings. The number of rotatable bonds is 4. The number of ether oxygens (including phenoxy) is 2. The summed E-state index contributed by atoms with van der Waals surface area (Å²) in [6, 6.07) is 6.87. The minimum absolute atomic E-state index is 0.325. The topological polar surface area (TPSA) is 84.9 Å². The molecule has 2 atom stereocenters. The average molecular weight is 265 g/mol. The molecule has 2 unspecified atom stereocenters. The number of benzene rings is 1. The number of carbonyl (C=O) groups excluding carboxylic acids is 1. The fourth-order valence-corrected chi connectivity index (χ4v) is 1.91. The van der Waals surface area contributed by atoms with E-state index in [1.807, 2.05) is 0 Å². The second-order valence-electron chi connectivity index (χ2n) is 4.25. The highest BCUT2D eigenvalue weighted by molar-refractivity contribution is 5.94. The van der Waals surface area contributed by atoms with Gasteiger partial charge in [0, 0.05) is 5.69 Å². The van der Waals surface area contributed by atoms with Crippen LogP contribution in [0.1, 0.15) is 12.8 Å². The summed E-state index contributed by atoms with van der Waals surface area (Å²) in [5.74, 6) is -0.658. The third kappa shape index (κ3) is 3.23. The van der Waals surface area contributed by atoms with Gasteiger partial charge in [0.05, 0.1) is 7.11 Å². The van der Waals surface area contributed by atoms with Gasteiger partial charge in [0.1, 0.15) is 11.9 Å². The van der Waals surface area contributed by atoms with Gasteiger partial charge in [0.25, 0.3) is 5.91 Å². The van der Waals surface area contributed by atoms with Gasteiger partial charge in [-0.2, -0.15) is 0 Å². The van der Waals surface area contributed by atoms with Crippen LogP contribution in [0.25, 0.3) is 0 Å². The van der Waals surface area contributed by atoms with E-state index in [1.165, 1.54) is 0 Å². The molecule has 1 aromatic carbocycles. The number of nitrogens with one attached hydrogen (secondary N) is 1. The SMILES string of the molecule is COc1ccc(NC(=O)C2CCC(C(=O)O)O2)cc1. The van der Waals surface area contributed by atoms with Crippen LogP contribution in [-0.2, 0) is 14.3 Å². The molecule has 0 spiro atoms. The maximum Gasteiger partial charge on any atom is 0.332 e. The summed E-state index contributed by atoms with van der Waals surface area (Å²) in [4.78, 5) is 22.6. The number of hydrogen-bond acceptors (Lipinski definition) is 4. The molecule has 6 heteroatoms. The standard InChI is InChI=1S/C13H15NO5/c1-18-9-4-2-8(3-5-9)14-12(15)10-6-7-11(19-10)13(16)17/h2-5,10-11H,6-7H2,1H3,(H,14,15)(H,16,17). The Morgan fingerprint density at radius 1 is 1.26 bits per heavy atom. The van der Waals surface area contributed by atoms with Crippen LogP contribution in [-0.4, -0.2) is 36.3 Å². The Morgan fingerprint density at radius 2 is 1.89 bits per heavy atom. The highest BCUT2D eigenvalue weighted by Crippen LogP contribution is 2.22. The molecule has 1 aromatic rings. The van der Waals surface area contributed by atoms with E-state index in [0.29, 0.717) is 24.3 Å². The third-order valence-electron chi connectivity index (χ3n) is 2.95. The molecule has 1 aliphatic rings. The molecule has 19 heavy (non-hydrogen) atoms. The van der Waals surface area contributed by atoms with Crippen molar-refractivity contribution in [2.45, 2.75) is 25.0 Å². The van der Waals surface area contributed by atoms with Crippen molar-refractivity contribution < 1.29 is 24.2 Å². The fourth-order valence-electron chi connectivity index (χ4n) is 1.91. The number of anilines is 1. The molecule has 102 valence electrons. The number of amides is 1. The second-order valence-corrected chi connectivity index (χ2v) is 4.25. The van der Waals surface area contributed by atoms with Crippen molar-refractivity contribution in [2.75, 3.05) is 12.4 Å². The molecule has 2 rings (SSSR count). The summed E-state index contributed by atoms with van der Waals surface area (Å²) in [6.45, 7) is 0. The molecule has 0 radical (unpaired) electrons. The van der Waals surface area contributed by atoms with Crippen LogP contribution < -0.4 is 10.1 Å². The van der Waals surface area contributed by atoms with Crippen LogP contribution in [0, 0.1) is 0 Å². The Hall–Kier alpha value is -2.08. The first-order valence-electron chi connectivity index (χ1n) is 5.93. The van der Waals surface area contributed by atoms with Crippen LogP contribution in [0.15, 0.2) is 24.3 Å². The number of carbonyl (C=O) groups is 2. The van der Waals surface area contributed by atoms with Crippen molar-refractivity contribution in [1.82, 2.24) is 0 Å². The number of aliphatic carboxylic acids is 1. The van der Waals surface area contributed by atoms with Gasteiger partial charge in [0.2, 0.25) is 0 Å². The Balaban J connectivity index is 1.92. The first-order chi connectivity index (χ1) is 9.10. The molecule has 0 aliphatic carbocycles. The fraction of sp³-hybridized carbons (Fsp3) is 0.385. The first kappa shape index (κ1) is 13.4. The van der Waals surface area contributed by atoms with E-state index in [4.69, 9.17) is 14.6 Å². The largest absolute Gasteiger partial charge is 0.497 e. The van der Waals surface area contributed by atoms with Crippen LogP contribution in [0.3, 0.4) is 0 Å². The van der Waals surface area contributed by atoms with Gasteiger partial charge < -0.3 is 19.9 Å². The van der Waals surface area contributed by atoms with E-state index in [1.54, 1.807) is 31.4 Å². The van der Waals surface area contributed by atoms with Gasteiger partial charge in [-0.3, -0.25) is 4.79 Å². The van der Waals surface area contributed by atoms with Gasteiger partial charge in [-0.05, 0) is 37.1 Å². The Bertz CT molecular complexity index is 470. The van der Waals surface area contributed by atoms with Crippen LogP contribution in [0.4, 0.5) is 5.69 Å². The summed E-state index contributed by atoms with van der Waals surface area (Å²) >= 11 is 0. The lowest BCUT2D eigenvalue weighted by atomic mass is 10.2. The molecule has 1 amide bonds. The molecule has 6 nitrogen and oxygen atoms in total. The van der Waals surface area contributed by atoms with Crippen molar-refractivity contribution in [1.29, 1.82) is 0 Å². The van der Waals surface area contributed by atoms with Crippen molar-refractivity contribution in [3.8, 4) is 5.75 Å². The van der Waals surface area contributed by atoms with Crippen molar-refractivity contribution in [3.63, 3.8) is 0 Å². The molecule has 1 heterocycles. The van der Waals surface area contributed by atoms with Crippen LogP contribution in [0.2, 0.25) is 0 Å². The molecule has 0 saturated carbocycles. The average Bonchev–Trinajstić information content (AvgIpc) is 2.89. The number of carboxylic acids is 1. The van der Waals surface area contributed by atoms with E-state index in [0.717, 1.165) is 0 Å². The molecule has 2 N–H and O–H groups in total. The molecule has 0 aromatic heterocycles. The monoisotopic (exact) mass is 265 g/mol. The van der Waals surface area contributed by atoms with E-state index in [-0.39, 0.29) is 5.91 Å². The predicted molar refractivity (Wildman–Crippen MR) is 67.2 cm³/mol. The van der Waals surface area contributed by atoms with Crippen molar-refractivity contribution in [2.24, 2.45) is 0 Å². The van der Waals surface area contributed by atoms with E-state index in [2.05, 4.69) is 5.32 Å². The highest BCUT2D eigenvalue weighted by atomic mass is 16.5. The van der Waals surface area contributed by atoms with E-state index < -0.39 is 18.2 Å². The second kappa shape index (κ2) is 5.71.